The van der Waals surface area contributed by atoms with Gasteiger partial charge in [-0.1, -0.05) is 30.0 Å². The van der Waals surface area contributed by atoms with Gasteiger partial charge in [0.05, 0.1) is 5.69 Å². The van der Waals surface area contributed by atoms with Crippen LogP contribution in [0.1, 0.15) is 17.7 Å². The molecule has 22 heavy (non-hydrogen) atoms. The Kier molecular flexibility index (Phi) is 4.39. The summed E-state index contributed by atoms with van der Waals surface area (Å²) in [5.74, 6) is -0.204. The van der Waals surface area contributed by atoms with Crippen molar-refractivity contribution < 1.29 is 14.3 Å². The van der Waals surface area contributed by atoms with Crippen molar-refractivity contribution in [3.63, 3.8) is 0 Å². The zero-order valence-corrected chi connectivity index (χ0v) is 12.5. The molecular weight excluding hydrogens is 300 g/mol. The molecule has 0 spiro atoms. The normalized spacial score (nSPS) is 10.9. The van der Waals surface area contributed by atoms with Crippen LogP contribution < -0.4 is 0 Å². The molecule has 0 atom stereocenters. The Labute approximate surface area is 131 Å². The lowest BCUT2D eigenvalue weighted by molar-refractivity contribution is -0.136. The smallest absolute Gasteiger partial charge is 0.303 e. The van der Waals surface area contributed by atoms with Gasteiger partial charge in [0.2, 0.25) is 0 Å². The number of benzene rings is 1. The third-order valence-corrected chi connectivity index (χ3v) is 4.04. The van der Waals surface area contributed by atoms with Gasteiger partial charge in [-0.25, -0.2) is 4.98 Å². The van der Waals surface area contributed by atoms with Gasteiger partial charge in [0.1, 0.15) is 5.52 Å². The van der Waals surface area contributed by atoms with Crippen LogP contribution in [0, 0.1) is 0 Å². The van der Waals surface area contributed by atoms with Crippen LogP contribution in [0.3, 0.4) is 0 Å². The van der Waals surface area contributed by atoms with E-state index in [0.29, 0.717) is 17.4 Å². The molecule has 3 aromatic rings. The van der Waals surface area contributed by atoms with E-state index in [1.54, 1.807) is 6.20 Å². The van der Waals surface area contributed by atoms with E-state index >= 15 is 0 Å². The average molecular weight is 314 g/mol. The summed E-state index contributed by atoms with van der Waals surface area (Å²) >= 11 is 1.46. The lowest BCUT2D eigenvalue weighted by Crippen LogP contribution is -2.01. The number of hydrogen-bond donors (Lipinski definition) is 1. The van der Waals surface area contributed by atoms with Crippen LogP contribution in [-0.2, 0) is 17.0 Å². The number of oxazole rings is 1. The molecule has 1 N–H and O–H groups in total. The maximum Gasteiger partial charge on any atom is 0.303 e. The van der Waals surface area contributed by atoms with Crippen LogP contribution in [0.5, 0.6) is 0 Å². The minimum absolute atomic E-state index is 0.103. The summed E-state index contributed by atoms with van der Waals surface area (Å²) in [6.07, 6.45) is 2.30. The fourth-order valence-corrected chi connectivity index (χ4v) is 2.95. The Balaban J connectivity index is 1.71. The van der Waals surface area contributed by atoms with Gasteiger partial charge in [0.15, 0.2) is 5.58 Å². The van der Waals surface area contributed by atoms with Crippen molar-refractivity contribution in [2.75, 3.05) is 0 Å². The van der Waals surface area contributed by atoms with E-state index in [1.807, 2.05) is 36.4 Å². The summed E-state index contributed by atoms with van der Waals surface area (Å²) in [5.41, 5.74) is 3.42. The Hall–Kier alpha value is -2.34. The molecule has 0 aliphatic heterocycles. The molecule has 2 aromatic heterocycles. The van der Waals surface area contributed by atoms with E-state index < -0.39 is 5.97 Å². The Morgan fingerprint density at radius 2 is 2.09 bits per heavy atom. The predicted octanol–water partition coefficient (Wildman–Crippen LogP) is 3.53. The van der Waals surface area contributed by atoms with Gasteiger partial charge < -0.3 is 9.52 Å². The van der Waals surface area contributed by atoms with Crippen LogP contribution in [-0.4, -0.2) is 21.0 Å². The highest BCUT2D eigenvalue weighted by Gasteiger charge is 2.10. The molecule has 2 heterocycles. The number of carboxylic acid groups (broad SMARTS) is 1. The highest BCUT2D eigenvalue weighted by molar-refractivity contribution is 7.98. The molecule has 112 valence electrons. The second-order valence-electron chi connectivity index (χ2n) is 4.74. The van der Waals surface area contributed by atoms with Gasteiger partial charge in [-0.2, -0.15) is 0 Å². The van der Waals surface area contributed by atoms with Crippen LogP contribution in [0.4, 0.5) is 0 Å². The van der Waals surface area contributed by atoms with E-state index in [1.165, 1.54) is 11.8 Å². The first-order valence-corrected chi connectivity index (χ1v) is 7.84. The number of fused-ring (bicyclic) bond motifs is 1. The third kappa shape index (κ3) is 3.46. The monoisotopic (exact) mass is 314 g/mol. The topological polar surface area (TPSA) is 76.2 Å². The van der Waals surface area contributed by atoms with Gasteiger partial charge in [0.25, 0.3) is 5.22 Å². The van der Waals surface area contributed by atoms with Gasteiger partial charge in [-0.3, -0.25) is 9.78 Å². The zero-order valence-electron chi connectivity index (χ0n) is 11.7. The molecular formula is C16H14N2O3S. The number of aryl methyl sites for hydroxylation is 1. The molecule has 0 aliphatic carbocycles. The minimum Gasteiger partial charge on any atom is -0.481 e. The number of hydrogen-bond acceptors (Lipinski definition) is 5. The molecule has 0 aliphatic rings. The second kappa shape index (κ2) is 6.62. The number of aliphatic carboxylic acids is 1. The molecule has 3 rings (SSSR count). The SMILES string of the molecule is O=C(O)CCc1cccnc1CSc1nc2ccccc2o1. The van der Waals surface area contributed by atoms with Crippen LogP contribution in [0.2, 0.25) is 0 Å². The van der Waals surface area contributed by atoms with Crippen LogP contribution in [0.15, 0.2) is 52.2 Å². The zero-order chi connectivity index (χ0) is 15.4. The van der Waals surface area contributed by atoms with Gasteiger partial charge in [0, 0.05) is 18.4 Å². The first kappa shape index (κ1) is 14.6. The Morgan fingerprint density at radius 3 is 2.91 bits per heavy atom. The predicted molar refractivity (Wildman–Crippen MR) is 83.8 cm³/mol. The van der Waals surface area contributed by atoms with Gasteiger partial charge >= 0.3 is 5.97 Å². The molecule has 0 saturated heterocycles. The number of pyridine rings is 1. The van der Waals surface area contributed by atoms with Crippen molar-refractivity contribution in [3.8, 4) is 0 Å². The highest BCUT2D eigenvalue weighted by atomic mass is 32.2. The number of thioether (sulfide) groups is 1. The van der Waals surface area contributed by atoms with Crippen molar-refractivity contribution >= 4 is 28.8 Å². The van der Waals surface area contributed by atoms with Crippen molar-refractivity contribution in [2.24, 2.45) is 0 Å². The summed E-state index contributed by atoms with van der Waals surface area (Å²) in [4.78, 5) is 19.5. The van der Waals surface area contributed by atoms with Crippen molar-refractivity contribution in [3.05, 3.63) is 53.9 Å². The summed E-state index contributed by atoms with van der Waals surface area (Å²) in [6.45, 7) is 0. The maximum atomic E-state index is 10.7. The molecule has 0 bridgehead atoms. The maximum absolute atomic E-state index is 10.7. The van der Waals surface area contributed by atoms with Crippen molar-refractivity contribution in [1.82, 2.24) is 9.97 Å². The molecule has 0 radical (unpaired) electrons. The van der Waals surface area contributed by atoms with E-state index in [2.05, 4.69) is 9.97 Å². The van der Waals surface area contributed by atoms with Crippen LogP contribution >= 0.6 is 11.8 Å². The van der Waals surface area contributed by atoms with Gasteiger partial charge in [-0.05, 0) is 30.2 Å². The quantitative estimate of drug-likeness (QED) is 0.701. The Morgan fingerprint density at radius 1 is 1.23 bits per heavy atom. The number of para-hydroxylation sites is 2. The fourth-order valence-electron chi connectivity index (χ4n) is 2.11. The largest absolute Gasteiger partial charge is 0.481 e. The second-order valence-corrected chi connectivity index (χ2v) is 5.67. The Bertz CT molecular complexity index is 768. The summed E-state index contributed by atoms with van der Waals surface area (Å²) in [7, 11) is 0. The molecule has 1 aromatic carbocycles. The molecule has 5 nitrogen and oxygen atoms in total. The third-order valence-electron chi connectivity index (χ3n) is 3.20. The van der Waals surface area contributed by atoms with Crippen LogP contribution in [0.25, 0.3) is 11.1 Å². The lowest BCUT2D eigenvalue weighted by atomic mass is 10.1. The molecule has 6 heteroatoms. The number of nitrogens with zero attached hydrogens (tertiary/aromatic N) is 2. The van der Waals surface area contributed by atoms with Gasteiger partial charge in [-0.15, -0.1) is 0 Å². The fraction of sp³-hybridized carbons (Fsp3) is 0.188. The van der Waals surface area contributed by atoms with Crippen molar-refractivity contribution in [2.45, 2.75) is 23.8 Å². The molecule has 0 saturated carbocycles. The van der Waals surface area contributed by atoms with E-state index in [0.717, 1.165) is 22.4 Å². The average Bonchev–Trinajstić information content (AvgIpc) is 2.94. The van der Waals surface area contributed by atoms with E-state index in [-0.39, 0.29) is 6.42 Å². The van der Waals surface area contributed by atoms with E-state index in [9.17, 15) is 4.79 Å². The number of carbonyl (C=O) groups is 1. The first-order valence-electron chi connectivity index (χ1n) is 6.85. The number of aromatic nitrogens is 2. The lowest BCUT2D eigenvalue weighted by Gasteiger charge is -2.05. The van der Waals surface area contributed by atoms with Crippen molar-refractivity contribution in [1.29, 1.82) is 0 Å². The first-order chi connectivity index (χ1) is 10.7. The summed E-state index contributed by atoms with van der Waals surface area (Å²) < 4.78 is 5.66. The van der Waals surface area contributed by atoms with E-state index in [4.69, 9.17) is 9.52 Å². The minimum atomic E-state index is -0.804. The standard InChI is InChI=1S/C16H14N2O3S/c19-15(20)8-7-11-4-3-9-17-13(11)10-22-16-18-12-5-1-2-6-14(12)21-16/h1-6,9H,7-8,10H2,(H,19,20). The molecule has 0 unspecified atom stereocenters. The molecule has 0 fully saturated rings. The number of carboxylic acids is 1. The number of rotatable bonds is 6. The summed E-state index contributed by atoms with van der Waals surface area (Å²) in [6, 6.07) is 11.4. The summed E-state index contributed by atoms with van der Waals surface area (Å²) in [5, 5.41) is 9.40. The highest BCUT2D eigenvalue weighted by Crippen LogP contribution is 2.26. The molecule has 0 amide bonds.